The van der Waals surface area contributed by atoms with E-state index in [0.717, 1.165) is 33.5 Å². The van der Waals surface area contributed by atoms with Gasteiger partial charge in [-0.25, -0.2) is 4.98 Å². The van der Waals surface area contributed by atoms with E-state index in [1.165, 1.54) is 6.92 Å². The summed E-state index contributed by atoms with van der Waals surface area (Å²) in [6.45, 7) is 8.32. The number of aryl methyl sites for hydroxylation is 1. The Balaban J connectivity index is 2.09. The molecule has 0 spiro atoms. The molecular formula is C24H29N5O3. The minimum atomic E-state index is -0.110. The summed E-state index contributed by atoms with van der Waals surface area (Å²) < 4.78 is 12.0. The number of carbonyl (C=O) groups excluding carboxylic acids is 1. The van der Waals surface area contributed by atoms with Crippen LogP contribution in [0.1, 0.15) is 37.5 Å². The SMILES string of the molecule is CCOc1cc(Cc2cnc(N)nc2N)cc(OCC)c1-c1ccc(NC(C)=O)c(C)c1. The lowest BCUT2D eigenvalue weighted by atomic mass is 9.96. The Bertz CT molecular complexity index is 1100. The van der Waals surface area contributed by atoms with Crippen LogP contribution in [-0.2, 0) is 11.2 Å². The van der Waals surface area contributed by atoms with E-state index < -0.39 is 0 Å². The van der Waals surface area contributed by atoms with Gasteiger partial charge in [0.05, 0.1) is 18.8 Å². The number of nitrogens with two attached hydrogens (primary N) is 2. The van der Waals surface area contributed by atoms with Crippen molar-refractivity contribution in [3.05, 3.63) is 53.2 Å². The molecule has 0 aliphatic heterocycles. The van der Waals surface area contributed by atoms with E-state index >= 15 is 0 Å². The first-order valence-corrected chi connectivity index (χ1v) is 10.5. The maximum absolute atomic E-state index is 11.5. The molecule has 2 aromatic carbocycles. The Morgan fingerprint density at radius 1 is 1.06 bits per heavy atom. The molecule has 0 atom stereocenters. The molecule has 0 unspecified atom stereocenters. The standard InChI is InChI=1S/C24H29N5O3/c1-5-31-20-11-16(10-18-13-27-24(26)29-23(18)25)12-21(32-6-2)22(20)17-7-8-19(14(3)9-17)28-15(4)30/h7-9,11-13H,5-6,10H2,1-4H3,(H,28,30)(H4,25,26,27,29). The molecule has 3 aromatic rings. The number of nitrogen functional groups attached to an aromatic ring is 2. The van der Waals surface area contributed by atoms with Crippen LogP contribution in [0.2, 0.25) is 0 Å². The first-order chi connectivity index (χ1) is 15.3. The lowest BCUT2D eigenvalue weighted by Crippen LogP contribution is -2.07. The largest absolute Gasteiger partial charge is 0.493 e. The van der Waals surface area contributed by atoms with Crippen LogP contribution in [0.25, 0.3) is 11.1 Å². The quantitative estimate of drug-likeness (QED) is 0.489. The van der Waals surface area contributed by atoms with Crippen molar-refractivity contribution in [1.29, 1.82) is 0 Å². The number of aromatic nitrogens is 2. The molecule has 1 aromatic heterocycles. The number of benzene rings is 2. The third-order valence-electron chi connectivity index (χ3n) is 4.86. The second kappa shape index (κ2) is 10.00. The number of amides is 1. The van der Waals surface area contributed by atoms with Gasteiger partial charge < -0.3 is 26.3 Å². The van der Waals surface area contributed by atoms with Crippen LogP contribution in [0, 0.1) is 6.92 Å². The zero-order chi connectivity index (χ0) is 23.3. The monoisotopic (exact) mass is 435 g/mol. The van der Waals surface area contributed by atoms with Gasteiger partial charge >= 0.3 is 0 Å². The number of nitrogens with zero attached hydrogens (tertiary/aromatic N) is 2. The molecule has 5 N–H and O–H groups in total. The summed E-state index contributed by atoms with van der Waals surface area (Å²) >= 11 is 0. The van der Waals surface area contributed by atoms with Gasteiger partial charge in [0.25, 0.3) is 0 Å². The second-order valence-corrected chi connectivity index (χ2v) is 7.36. The molecular weight excluding hydrogens is 406 g/mol. The smallest absolute Gasteiger partial charge is 0.221 e. The number of hydrogen-bond donors (Lipinski definition) is 3. The Labute approximate surface area is 188 Å². The third-order valence-corrected chi connectivity index (χ3v) is 4.86. The Morgan fingerprint density at radius 3 is 2.25 bits per heavy atom. The number of rotatable bonds is 8. The molecule has 1 amide bonds. The minimum absolute atomic E-state index is 0.110. The van der Waals surface area contributed by atoms with Gasteiger partial charge in [0, 0.05) is 30.8 Å². The molecule has 32 heavy (non-hydrogen) atoms. The highest BCUT2D eigenvalue weighted by atomic mass is 16.5. The first-order valence-electron chi connectivity index (χ1n) is 10.5. The van der Waals surface area contributed by atoms with E-state index in [4.69, 9.17) is 20.9 Å². The number of ether oxygens (including phenoxy) is 2. The molecule has 0 radical (unpaired) electrons. The van der Waals surface area contributed by atoms with E-state index in [2.05, 4.69) is 15.3 Å². The predicted octanol–water partition coefficient (Wildman–Crippen LogP) is 3.96. The van der Waals surface area contributed by atoms with E-state index in [1.807, 2.05) is 51.1 Å². The van der Waals surface area contributed by atoms with E-state index in [1.54, 1.807) is 6.20 Å². The van der Waals surface area contributed by atoms with Crippen molar-refractivity contribution in [2.24, 2.45) is 0 Å². The van der Waals surface area contributed by atoms with Crippen molar-refractivity contribution in [2.75, 3.05) is 30.0 Å². The molecule has 8 nitrogen and oxygen atoms in total. The highest BCUT2D eigenvalue weighted by Crippen LogP contribution is 2.41. The zero-order valence-corrected chi connectivity index (χ0v) is 18.9. The zero-order valence-electron chi connectivity index (χ0n) is 18.9. The van der Waals surface area contributed by atoms with Crippen LogP contribution < -0.4 is 26.3 Å². The van der Waals surface area contributed by atoms with Gasteiger partial charge in [-0.3, -0.25) is 4.79 Å². The Kier molecular flexibility index (Phi) is 7.14. The van der Waals surface area contributed by atoms with Crippen molar-refractivity contribution in [1.82, 2.24) is 9.97 Å². The number of nitrogens with one attached hydrogen (secondary N) is 1. The maximum atomic E-state index is 11.5. The van der Waals surface area contributed by atoms with Crippen LogP contribution in [0.15, 0.2) is 36.5 Å². The van der Waals surface area contributed by atoms with Gasteiger partial charge in [-0.2, -0.15) is 4.98 Å². The molecule has 0 saturated carbocycles. The summed E-state index contributed by atoms with van der Waals surface area (Å²) in [5, 5.41) is 2.84. The molecule has 0 bridgehead atoms. The lowest BCUT2D eigenvalue weighted by molar-refractivity contribution is -0.114. The second-order valence-electron chi connectivity index (χ2n) is 7.36. The van der Waals surface area contributed by atoms with Crippen molar-refractivity contribution >= 4 is 23.4 Å². The van der Waals surface area contributed by atoms with E-state index in [0.29, 0.717) is 37.0 Å². The Hall–Kier alpha value is -3.81. The highest BCUT2D eigenvalue weighted by Gasteiger charge is 2.18. The normalized spacial score (nSPS) is 10.6. The van der Waals surface area contributed by atoms with E-state index in [9.17, 15) is 4.79 Å². The molecule has 3 rings (SSSR count). The summed E-state index contributed by atoms with van der Waals surface area (Å²) in [6.07, 6.45) is 2.14. The molecule has 0 saturated heterocycles. The maximum Gasteiger partial charge on any atom is 0.221 e. The number of anilines is 3. The fraction of sp³-hybridized carbons (Fsp3) is 0.292. The minimum Gasteiger partial charge on any atom is -0.493 e. The number of carbonyl (C=O) groups is 1. The fourth-order valence-corrected chi connectivity index (χ4v) is 3.51. The summed E-state index contributed by atoms with van der Waals surface area (Å²) in [6, 6.07) is 9.81. The van der Waals surface area contributed by atoms with Crippen LogP contribution in [0.4, 0.5) is 17.5 Å². The molecule has 1 heterocycles. The predicted molar refractivity (Wildman–Crippen MR) is 127 cm³/mol. The van der Waals surface area contributed by atoms with Gasteiger partial charge in [-0.15, -0.1) is 0 Å². The molecule has 168 valence electrons. The summed E-state index contributed by atoms with van der Waals surface area (Å²) in [5.41, 5.74) is 16.9. The Morgan fingerprint density at radius 2 is 1.72 bits per heavy atom. The summed E-state index contributed by atoms with van der Waals surface area (Å²) in [7, 11) is 0. The van der Waals surface area contributed by atoms with Crippen LogP contribution in [0.5, 0.6) is 11.5 Å². The average molecular weight is 436 g/mol. The van der Waals surface area contributed by atoms with Gasteiger partial charge in [-0.1, -0.05) is 6.07 Å². The van der Waals surface area contributed by atoms with Crippen molar-refractivity contribution in [3.63, 3.8) is 0 Å². The molecule has 0 aliphatic carbocycles. The fourth-order valence-electron chi connectivity index (χ4n) is 3.51. The van der Waals surface area contributed by atoms with Crippen LogP contribution >= 0.6 is 0 Å². The number of hydrogen-bond acceptors (Lipinski definition) is 7. The topological polar surface area (TPSA) is 125 Å². The highest BCUT2D eigenvalue weighted by molar-refractivity contribution is 5.90. The molecule has 0 fully saturated rings. The van der Waals surface area contributed by atoms with Crippen molar-refractivity contribution < 1.29 is 14.3 Å². The van der Waals surface area contributed by atoms with Gasteiger partial charge in [0.2, 0.25) is 11.9 Å². The van der Waals surface area contributed by atoms with Gasteiger partial charge in [0.1, 0.15) is 17.3 Å². The molecule has 8 heteroatoms. The summed E-state index contributed by atoms with van der Waals surface area (Å²) in [5.74, 6) is 1.79. The molecule has 0 aliphatic rings. The van der Waals surface area contributed by atoms with Gasteiger partial charge in [-0.05, 0) is 61.7 Å². The lowest BCUT2D eigenvalue weighted by Gasteiger charge is -2.19. The summed E-state index contributed by atoms with van der Waals surface area (Å²) in [4.78, 5) is 19.5. The van der Waals surface area contributed by atoms with Crippen molar-refractivity contribution in [3.8, 4) is 22.6 Å². The van der Waals surface area contributed by atoms with E-state index in [-0.39, 0.29) is 11.9 Å². The van der Waals surface area contributed by atoms with Crippen molar-refractivity contribution in [2.45, 2.75) is 34.1 Å². The van der Waals surface area contributed by atoms with Crippen LogP contribution in [-0.4, -0.2) is 29.1 Å². The third kappa shape index (κ3) is 5.26. The average Bonchev–Trinajstić information content (AvgIpc) is 2.72. The first kappa shape index (κ1) is 22.9. The van der Waals surface area contributed by atoms with Crippen LogP contribution in [0.3, 0.4) is 0 Å². The van der Waals surface area contributed by atoms with Gasteiger partial charge in [0.15, 0.2) is 0 Å².